The van der Waals surface area contributed by atoms with Crippen molar-refractivity contribution in [1.82, 2.24) is 5.32 Å². The summed E-state index contributed by atoms with van der Waals surface area (Å²) in [5.74, 6) is 0. The highest BCUT2D eigenvalue weighted by molar-refractivity contribution is 4.99. The molecule has 1 spiro atoms. The van der Waals surface area contributed by atoms with Crippen molar-refractivity contribution in [1.29, 1.82) is 0 Å². The first-order valence-corrected chi connectivity index (χ1v) is 4.82. The van der Waals surface area contributed by atoms with E-state index in [1.165, 1.54) is 12.8 Å². The molecule has 2 aliphatic heterocycles. The molecule has 3 N–H and O–H groups in total. The third-order valence-corrected chi connectivity index (χ3v) is 3.45. The molecule has 3 nitrogen and oxygen atoms in total. The molecule has 0 aromatic rings. The molecule has 2 atom stereocenters. The van der Waals surface area contributed by atoms with Crippen LogP contribution in [0.1, 0.15) is 19.8 Å². The average Bonchev–Trinajstić information content (AvgIpc) is 2.37. The summed E-state index contributed by atoms with van der Waals surface area (Å²) in [6.07, 6.45) is 2.61. The van der Waals surface area contributed by atoms with E-state index in [-0.39, 0.29) is 12.1 Å². The lowest BCUT2D eigenvalue weighted by atomic mass is 9.74. The number of hydrogen-bond donors (Lipinski definition) is 2. The van der Waals surface area contributed by atoms with Gasteiger partial charge in [-0.25, -0.2) is 0 Å². The van der Waals surface area contributed by atoms with Gasteiger partial charge in [0.1, 0.15) is 0 Å². The van der Waals surface area contributed by atoms with Gasteiger partial charge in [0.15, 0.2) is 0 Å². The largest absolute Gasteiger partial charge is 0.376 e. The highest BCUT2D eigenvalue weighted by Crippen LogP contribution is 2.39. The molecule has 0 aromatic heterocycles. The van der Waals surface area contributed by atoms with Crippen LogP contribution < -0.4 is 11.1 Å². The van der Waals surface area contributed by atoms with Gasteiger partial charge < -0.3 is 15.8 Å². The van der Waals surface area contributed by atoms with Crippen LogP contribution in [-0.4, -0.2) is 31.8 Å². The van der Waals surface area contributed by atoms with Gasteiger partial charge in [0.05, 0.1) is 12.7 Å². The van der Waals surface area contributed by atoms with Crippen LogP contribution in [0.25, 0.3) is 0 Å². The lowest BCUT2D eigenvalue weighted by molar-refractivity contribution is 0.0952. The van der Waals surface area contributed by atoms with E-state index in [4.69, 9.17) is 10.5 Å². The van der Waals surface area contributed by atoms with Crippen molar-refractivity contribution in [3.05, 3.63) is 0 Å². The minimum atomic E-state index is 0.250. The lowest BCUT2D eigenvalue weighted by Gasteiger charge is -2.36. The molecule has 2 aliphatic rings. The zero-order valence-corrected chi connectivity index (χ0v) is 7.68. The Hall–Kier alpha value is -0.120. The van der Waals surface area contributed by atoms with Crippen molar-refractivity contribution in [2.24, 2.45) is 11.1 Å². The molecule has 0 aromatic carbocycles. The summed E-state index contributed by atoms with van der Waals surface area (Å²) in [5, 5.41) is 3.36. The Balaban J connectivity index is 2.09. The van der Waals surface area contributed by atoms with Crippen LogP contribution in [0.15, 0.2) is 0 Å². The van der Waals surface area contributed by atoms with Crippen molar-refractivity contribution in [2.75, 3.05) is 19.7 Å². The van der Waals surface area contributed by atoms with Gasteiger partial charge in [-0.2, -0.15) is 0 Å². The minimum Gasteiger partial charge on any atom is -0.376 e. The third kappa shape index (κ3) is 1.16. The van der Waals surface area contributed by atoms with Crippen molar-refractivity contribution < 1.29 is 4.74 Å². The second-order valence-electron chi connectivity index (χ2n) is 4.15. The molecule has 0 radical (unpaired) electrons. The maximum Gasteiger partial charge on any atom is 0.0704 e. The monoisotopic (exact) mass is 170 g/mol. The fourth-order valence-electron chi connectivity index (χ4n) is 2.40. The highest BCUT2D eigenvalue weighted by Gasteiger charge is 2.46. The van der Waals surface area contributed by atoms with E-state index in [0.29, 0.717) is 5.41 Å². The standard InChI is InChI=1S/C9H18N2O/c1-7-8(10)9(6-12-7)2-4-11-5-3-9/h7-8,11H,2-6,10H2,1H3. The number of nitrogens with two attached hydrogens (primary N) is 1. The molecular formula is C9H18N2O. The Kier molecular flexibility index (Phi) is 2.10. The van der Waals surface area contributed by atoms with Gasteiger partial charge in [-0.15, -0.1) is 0 Å². The Morgan fingerprint density at radius 2 is 2.08 bits per heavy atom. The van der Waals surface area contributed by atoms with Crippen LogP contribution in [0.4, 0.5) is 0 Å². The maximum atomic E-state index is 6.14. The van der Waals surface area contributed by atoms with Crippen LogP contribution in [0.2, 0.25) is 0 Å². The molecule has 0 saturated carbocycles. The van der Waals surface area contributed by atoms with E-state index < -0.39 is 0 Å². The Morgan fingerprint density at radius 3 is 2.58 bits per heavy atom. The van der Waals surface area contributed by atoms with Crippen molar-refractivity contribution >= 4 is 0 Å². The molecule has 0 amide bonds. The fraction of sp³-hybridized carbons (Fsp3) is 1.00. The molecule has 12 heavy (non-hydrogen) atoms. The summed E-state index contributed by atoms with van der Waals surface area (Å²) >= 11 is 0. The SMILES string of the molecule is CC1OCC2(CCNCC2)C1N. The van der Waals surface area contributed by atoms with Gasteiger partial charge in [0, 0.05) is 11.5 Å². The number of rotatable bonds is 0. The molecule has 3 heteroatoms. The summed E-state index contributed by atoms with van der Waals surface area (Å²) in [7, 11) is 0. The van der Waals surface area contributed by atoms with Crippen LogP contribution in [0.3, 0.4) is 0 Å². The third-order valence-electron chi connectivity index (χ3n) is 3.45. The molecule has 2 rings (SSSR count). The van der Waals surface area contributed by atoms with Crippen LogP contribution in [-0.2, 0) is 4.74 Å². The predicted octanol–water partition coefficient (Wildman–Crippen LogP) is 0.102. The van der Waals surface area contributed by atoms with Gasteiger partial charge in [-0.05, 0) is 32.9 Å². The highest BCUT2D eigenvalue weighted by atomic mass is 16.5. The van der Waals surface area contributed by atoms with Gasteiger partial charge in [-0.1, -0.05) is 0 Å². The summed E-state index contributed by atoms with van der Waals surface area (Å²) in [5.41, 5.74) is 6.43. The van der Waals surface area contributed by atoms with Gasteiger partial charge in [0.2, 0.25) is 0 Å². The molecule has 2 heterocycles. The molecular weight excluding hydrogens is 152 g/mol. The topological polar surface area (TPSA) is 47.3 Å². The fourth-order valence-corrected chi connectivity index (χ4v) is 2.40. The molecule has 2 unspecified atom stereocenters. The summed E-state index contributed by atoms with van der Waals surface area (Å²) in [6, 6.07) is 0.250. The molecule has 2 fully saturated rings. The first kappa shape index (κ1) is 8.48. The van der Waals surface area contributed by atoms with Crippen LogP contribution in [0.5, 0.6) is 0 Å². The normalized spacial score (nSPS) is 40.5. The Morgan fingerprint density at radius 1 is 1.42 bits per heavy atom. The van der Waals surface area contributed by atoms with Gasteiger partial charge >= 0.3 is 0 Å². The first-order chi connectivity index (χ1) is 5.75. The van der Waals surface area contributed by atoms with E-state index in [1.54, 1.807) is 0 Å². The predicted molar refractivity (Wildman–Crippen MR) is 47.9 cm³/mol. The molecule has 70 valence electrons. The number of hydrogen-bond acceptors (Lipinski definition) is 3. The van der Waals surface area contributed by atoms with E-state index in [2.05, 4.69) is 12.2 Å². The number of ether oxygens (including phenoxy) is 1. The van der Waals surface area contributed by atoms with Crippen LogP contribution >= 0.6 is 0 Å². The maximum absolute atomic E-state index is 6.14. The average molecular weight is 170 g/mol. The second kappa shape index (κ2) is 2.98. The summed E-state index contributed by atoms with van der Waals surface area (Å²) in [6.45, 7) is 5.16. The van der Waals surface area contributed by atoms with E-state index >= 15 is 0 Å². The minimum absolute atomic E-state index is 0.250. The van der Waals surface area contributed by atoms with E-state index in [1.807, 2.05) is 0 Å². The zero-order chi connectivity index (χ0) is 8.60. The summed E-state index contributed by atoms with van der Waals surface area (Å²) in [4.78, 5) is 0. The smallest absolute Gasteiger partial charge is 0.0704 e. The molecule has 0 aliphatic carbocycles. The first-order valence-electron chi connectivity index (χ1n) is 4.82. The van der Waals surface area contributed by atoms with Gasteiger partial charge in [-0.3, -0.25) is 0 Å². The number of nitrogens with one attached hydrogen (secondary N) is 1. The van der Waals surface area contributed by atoms with Crippen molar-refractivity contribution in [2.45, 2.75) is 31.9 Å². The quantitative estimate of drug-likeness (QED) is 0.542. The second-order valence-corrected chi connectivity index (χ2v) is 4.15. The van der Waals surface area contributed by atoms with Crippen molar-refractivity contribution in [3.8, 4) is 0 Å². The van der Waals surface area contributed by atoms with Gasteiger partial charge in [0.25, 0.3) is 0 Å². The Labute approximate surface area is 73.7 Å². The molecule has 2 saturated heterocycles. The van der Waals surface area contributed by atoms with E-state index in [0.717, 1.165) is 19.7 Å². The van der Waals surface area contributed by atoms with Crippen molar-refractivity contribution in [3.63, 3.8) is 0 Å². The molecule has 0 bridgehead atoms. The lowest BCUT2D eigenvalue weighted by Crippen LogP contribution is -2.49. The number of piperidine rings is 1. The van der Waals surface area contributed by atoms with Crippen LogP contribution in [0, 0.1) is 5.41 Å². The Bertz CT molecular complexity index is 160. The summed E-state index contributed by atoms with van der Waals surface area (Å²) < 4.78 is 5.61. The van der Waals surface area contributed by atoms with E-state index in [9.17, 15) is 0 Å². The zero-order valence-electron chi connectivity index (χ0n) is 7.68.